The molecule has 5 aromatic heterocycles. The van der Waals surface area contributed by atoms with Gasteiger partial charge in [-0.3, -0.25) is 0 Å². The van der Waals surface area contributed by atoms with Crippen LogP contribution in [0.1, 0.15) is 11.3 Å². The van der Waals surface area contributed by atoms with Gasteiger partial charge in [0.15, 0.2) is 5.65 Å². The molecule has 5 aromatic rings. The molecule has 1 aliphatic rings. The molecule has 0 atom stereocenters. The van der Waals surface area contributed by atoms with Crippen LogP contribution in [0, 0.1) is 6.92 Å². The fourth-order valence-electron chi connectivity index (χ4n) is 4.27. The molecule has 6 rings (SSSR count). The topological polar surface area (TPSA) is 103 Å². The summed E-state index contributed by atoms with van der Waals surface area (Å²) >= 11 is 0. The summed E-state index contributed by atoms with van der Waals surface area (Å²) in [7, 11) is 2.16. The van der Waals surface area contributed by atoms with Gasteiger partial charge >= 0.3 is 0 Å². The average molecular weight is 455 g/mol. The second kappa shape index (κ2) is 8.38. The molecule has 0 unspecified atom stereocenters. The molecule has 6 heterocycles. The third-order valence-electron chi connectivity index (χ3n) is 6.24. The van der Waals surface area contributed by atoms with E-state index in [4.69, 9.17) is 0 Å². The number of nitrogens with one attached hydrogen (secondary N) is 2. The van der Waals surface area contributed by atoms with Crippen molar-refractivity contribution < 1.29 is 0 Å². The smallest absolute Gasteiger partial charge is 0.224 e. The highest BCUT2D eigenvalue weighted by Gasteiger charge is 2.15. The molecule has 10 heteroatoms. The Morgan fingerprint density at radius 1 is 1.00 bits per heavy atom. The molecule has 0 amide bonds. The third-order valence-corrected chi connectivity index (χ3v) is 6.24. The number of rotatable bonds is 5. The molecule has 0 radical (unpaired) electrons. The van der Waals surface area contributed by atoms with Gasteiger partial charge in [0.2, 0.25) is 5.95 Å². The zero-order valence-corrected chi connectivity index (χ0v) is 19.2. The lowest BCUT2D eigenvalue weighted by molar-refractivity contribution is 0.312. The van der Waals surface area contributed by atoms with Gasteiger partial charge in [0.25, 0.3) is 0 Å². The molecule has 0 bridgehead atoms. The molecule has 0 saturated carbocycles. The summed E-state index contributed by atoms with van der Waals surface area (Å²) in [6.45, 7) is 6.73. The minimum atomic E-state index is 0.567. The first kappa shape index (κ1) is 20.5. The SMILES string of the molecule is Cc1cn2nc(-c3c[nH]c4nc(NCc5ccc(N6CCN(C)CC6)nc5)ncc34)ccc2n1. The minimum absolute atomic E-state index is 0.567. The van der Waals surface area contributed by atoms with Crippen molar-refractivity contribution in [3.8, 4) is 11.3 Å². The molecule has 1 saturated heterocycles. The van der Waals surface area contributed by atoms with Crippen molar-refractivity contribution in [3.63, 3.8) is 0 Å². The van der Waals surface area contributed by atoms with Crippen molar-refractivity contribution >= 4 is 28.4 Å². The fraction of sp³-hybridized carbons (Fsp3) is 0.292. The number of hydrogen-bond donors (Lipinski definition) is 2. The molecule has 0 aromatic carbocycles. The van der Waals surface area contributed by atoms with E-state index in [9.17, 15) is 0 Å². The standard InChI is InChI=1S/C24H26N10/c1-16-15-34-22(29-16)6-4-20(31-34)18-13-26-23-19(18)14-28-24(30-23)27-12-17-3-5-21(25-11-17)33-9-7-32(2)8-10-33/h3-6,11,13-15H,7-10,12H2,1-2H3,(H2,26,27,28,30). The zero-order valence-electron chi connectivity index (χ0n) is 19.2. The van der Waals surface area contributed by atoms with Gasteiger partial charge in [0.1, 0.15) is 11.5 Å². The van der Waals surface area contributed by atoms with E-state index >= 15 is 0 Å². The van der Waals surface area contributed by atoms with E-state index in [2.05, 4.69) is 64.3 Å². The first-order valence-corrected chi connectivity index (χ1v) is 11.4. The molecular weight excluding hydrogens is 428 g/mol. The number of fused-ring (bicyclic) bond motifs is 2. The van der Waals surface area contributed by atoms with Gasteiger partial charge in [-0.2, -0.15) is 10.1 Å². The van der Waals surface area contributed by atoms with Crippen molar-refractivity contribution in [2.75, 3.05) is 43.4 Å². The minimum Gasteiger partial charge on any atom is -0.354 e. The second-order valence-electron chi connectivity index (χ2n) is 8.73. The van der Waals surface area contributed by atoms with Gasteiger partial charge in [-0.15, -0.1) is 0 Å². The van der Waals surface area contributed by atoms with E-state index in [1.165, 1.54) is 0 Å². The highest BCUT2D eigenvalue weighted by atomic mass is 15.3. The molecule has 1 fully saturated rings. The predicted octanol–water partition coefficient (Wildman–Crippen LogP) is 2.73. The van der Waals surface area contributed by atoms with Crippen molar-refractivity contribution in [1.29, 1.82) is 0 Å². The number of likely N-dealkylation sites (N-methyl/N-ethyl adjacent to an activating group) is 1. The lowest BCUT2D eigenvalue weighted by Gasteiger charge is -2.33. The second-order valence-corrected chi connectivity index (χ2v) is 8.73. The van der Waals surface area contributed by atoms with Crippen molar-refractivity contribution in [1.82, 2.24) is 39.4 Å². The number of pyridine rings is 1. The molecule has 0 spiro atoms. The number of anilines is 2. The van der Waals surface area contributed by atoms with Crippen LogP contribution in [0.3, 0.4) is 0 Å². The Morgan fingerprint density at radius 2 is 1.88 bits per heavy atom. The highest BCUT2D eigenvalue weighted by Crippen LogP contribution is 2.26. The monoisotopic (exact) mass is 454 g/mol. The van der Waals surface area contributed by atoms with E-state index in [1.807, 2.05) is 43.8 Å². The van der Waals surface area contributed by atoms with Crippen LogP contribution in [-0.4, -0.2) is 72.7 Å². The number of H-pyrrole nitrogens is 1. The summed E-state index contributed by atoms with van der Waals surface area (Å²) in [4.78, 5) is 26.2. The number of aryl methyl sites for hydroxylation is 1. The maximum absolute atomic E-state index is 4.68. The average Bonchev–Trinajstić information content (AvgIpc) is 3.45. The van der Waals surface area contributed by atoms with Crippen molar-refractivity contribution in [2.24, 2.45) is 0 Å². The fourth-order valence-corrected chi connectivity index (χ4v) is 4.27. The van der Waals surface area contributed by atoms with Crippen LogP contribution in [0.25, 0.3) is 27.9 Å². The molecule has 2 N–H and O–H groups in total. The van der Waals surface area contributed by atoms with Gasteiger partial charge in [0, 0.05) is 62.3 Å². The third kappa shape index (κ3) is 3.92. The Labute approximate surface area is 196 Å². The normalized spacial score (nSPS) is 14.8. The van der Waals surface area contributed by atoms with Gasteiger partial charge in [-0.25, -0.2) is 19.5 Å². The van der Waals surface area contributed by atoms with Gasteiger partial charge in [-0.05, 0) is 37.7 Å². The van der Waals surface area contributed by atoms with Crippen LogP contribution in [0.15, 0.2) is 49.1 Å². The van der Waals surface area contributed by atoms with Crippen LogP contribution < -0.4 is 10.2 Å². The molecule has 10 nitrogen and oxygen atoms in total. The maximum atomic E-state index is 4.68. The quantitative estimate of drug-likeness (QED) is 0.418. The number of aromatic nitrogens is 7. The molecular formula is C24H26N10. The van der Waals surface area contributed by atoms with Crippen molar-refractivity contribution in [3.05, 3.63) is 60.3 Å². The van der Waals surface area contributed by atoms with E-state index in [0.717, 1.165) is 71.2 Å². The molecule has 1 aliphatic heterocycles. The number of aromatic amines is 1. The van der Waals surface area contributed by atoms with Gasteiger partial charge in [-0.1, -0.05) is 6.07 Å². The zero-order chi connectivity index (χ0) is 23.1. The van der Waals surface area contributed by atoms with Crippen LogP contribution in [0.2, 0.25) is 0 Å². The van der Waals surface area contributed by atoms with Crippen molar-refractivity contribution in [2.45, 2.75) is 13.5 Å². The van der Waals surface area contributed by atoms with E-state index in [1.54, 1.807) is 4.52 Å². The molecule has 34 heavy (non-hydrogen) atoms. The van der Waals surface area contributed by atoms with Crippen LogP contribution in [-0.2, 0) is 6.54 Å². The Kier molecular flexibility index (Phi) is 5.06. The number of nitrogens with zero attached hydrogens (tertiary/aromatic N) is 8. The lowest BCUT2D eigenvalue weighted by atomic mass is 10.2. The van der Waals surface area contributed by atoms with Crippen LogP contribution >= 0.6 is 0 Å². The predicted molar refractivity (Wildman–Crippen MR) is 132 cm³/mol. The molecule has 0 aliphatic carbocycles. The number of hydrogen-bond acceptors (Lipinski definition) is 8. The Balaban J connectivity index is 1.15. The largest absolute Gasteiger partial charge is 0.354 e. The Morgan fingerprint density at radius 3 is 2.71 bits per heavy atom. The van der Waals surface area contributed by atoms with Gasteiger partial charge in [0.05, 0.1) is 17.6 Å². The van der Waals surface area contributed by atoms with Gasteiger partial charge < -0.3 is 20.1 Å². The summed E-state index contributed by atoms with van der Waals surface area (Å²) in [6, 6.07) is 8.14. The first-order valence-electron chi connectivity index (χ1n) is 11.4. The maximum Gasteiger partial charge on any atom is 0.224 e. The first-order chi connectivity index (χ1) is 16.6. The summed E-state index contributed by atoms with van der Waals surface area (Å²) in [5.74, 6) is 1.60. The summed E-state index contributed by atoms with van der Waals surface area (Å²) < 4.78 is 1.79. The van der Waals surface area contributed by atoms with E-state index in [-0.39, 0.29) is 0 Å². The molecule has 172 valence electrons. The van der Waals surface area contributed by atoms with Crippen LogP contribution in [0.4, 0.5) is 11.8 Å². The van der Waals surface area contributed by atoms with E-state index < -0.39 is 0 Å². The van der Waals surface area contributed by atoms with E-state index in [0.29, 0.717) is 12.5 Å². The number of imidazole rings is 1. The lowest BCUT2D eigenvalue weighted by Crippen LogP contribution is -2.44. The summed E-state index contributed by atoms with van der Waals surface area (Å²) in [5, 5.41) is 8.91. The highest BCUT2D eigenvalue weighted by molar-refractivity contribution is 5.92. The number of piperazine rings is 1. The Hall–Kier alpha value is -4.05. The Bertz CT molecular complexity index is 1440. The summed E-state index contributed by atoms with van der Waals surface area (Å²) in [6.07, 6.45) is 7.59. The van der Waals surface area contributed by atoms with Crippen LogP contribution in [0.5, 0.6) is 0 Å². The summed E-state index contributed by atoms with van der Waals surface area (Å²) in [5.41, 5.74) is 5.41.